The number of carboxylic acids is 1. The topological polar surface area (TPSA) is 86.6 Å². The molecule has 0 radical (unpaired) electrons. The molecule has 0 aliphatic heterocycles. The van der Waals surface area contributed by atoms with Gasteiger partial charge in [-0.25, -0.2) is 4.79 Å². The van der Waals surface area contributed by atoms with Crippen LogP contribution >= 0.6 is 0 Å². The molecule has 0 spiro atoms. The first-order valence-corrected chi connectivity index (χ1v) is 3.47. The number of aliphatic carboxylic acids is 1. The second-order valence-electron chi connectivity index (χ2n) is 3.13. The van der Waals surface area contributed by atoms with Gasteiger partial charge in [0.25, 0.3) is 0 Å². The van der Waals surface area contributed by atoms with Gasteiger partial charge in [0.1, 0.15) is 0 Å². The Balaban J connectivity index is 4.46. The van der Waals surface area contributed by atoms with Gasteiger partial charge in [0.05, 0.1) is 5.60 Å². The number of carbonyl (C=O) groups excluding carboxylic acids is 1. The lowest BCUT2D eigenvalue weighted by Gasteiger charge is -2.25. The maximum atomic E-state index is 10.5. The molecule has 70 valence electrons. The second kappa shape index (κ2) is 3.53. The Morgan fingerprint density at radius 3 is 1.92 bits per heavy atom. The predicted octanol–water partition coefficient (Wildman–Crippen LogP) is -0.653. The molecule has 12 heavy (non-hydrogen) atoms. The minimum atomic E-state index is -1.46. The van der Waals surface area contributed by atoms with Crippen molar-refractivity contribution < 1.29 is 19.8 Å². The Hall–Kier alpha value is -1.10. The van der Waals surface area contributed by atoms with Crippen LogP contribution in [0.4, 0.5) is 0 Å². The first kappa shape index (κ1) is 10.9. The van der Waals surface area contributed by atoms with Gasteiger partial charge in [-0.3, -0.25) is 4.79 Å². The summed E-state index contributed by atoms with van der Waals surface area (Å²) in [5.74, 6) is -1.73. The minimum absolute atomic E-state index is 0.482. The summed E-state index contributed by atoms with van der Waals surface area (Å²) in [5, 5.41) is 20.0. The molecule has 0 fully saturated rings. The number of amides is 1. The van der Waals surface area contributed by atoms with Crippen LogP contribution in [0.5, 0.6) is 0 Å². The number of aliphatic hydroxyl groups is 1. The van der Waals surface area contributed by atoms with Crippen molar-refractivity contribution in [1.82, 2.24) is 5.32 Å². The van der Waals surface area contributed by atoms with E-state index >= 15 is 0 Å². The fourth-order valence-electron chi connectivity index (χ4n) is 0.744. The monoisotopic (exact) mass is 175 g/mol. The van der Waals surface area contributed by atoms with Crippen molar-refractivity contribution in [2.24, 2.45) is 0 Å². The molecule has 0 bridgehead atoms. The van der Waals surface area contributed by atoms with E-state index in [1.165, 1.54) is 20.8 Å². The molecule has 0 saturated carbocycles. The van der Waals surface area contributed by atoms with Gasteiger partial charge in [-0.05, 0) is 13.8 Å². The molecule has 5 nitrogen and oxygen atoms in total. The number of nitrogens with one attached hydrogen (secondary N) is 1. The molecule has 0 aromatic heterocycles. The summed E-state index contributed by atoms with van der Waals surface area (Å²) in [7, 11) is 0. The fourth-order valence-corrected chi connectivity index (χ4v) is 0.744. The summed E-state index contributed by atoms with van der Waals surface area (Å²) in [5.41, 5.74) is -1.46. The fraction of sp³-hybridized carbons (Fsp3) is 0.714. The van der Waals surface area contributed by atoms with E-state index in [0.717, 1.165) is 0 Å². The molecule has 1 unspecified atom stereocenters. The number of carboxylic acid groups (broad SMARTS) is 1. The summed E-state index contributed by atoms with van der Waals surface area (Å²) in [6, 6.07) is -1.27. The zero-order valence-corrected chi connectivity index (χ0v) is 7.29. The summed E-state index contributed by atoms with van der Waals surface area (Å²) in [4.78, 5) is 21.0. The highest BCUT2D eigenvalue weighted by Crippen LogP contribution is 2.08. The van der Waals surface area contributed by atoms with E-state index in [1.54, 1.807) is 0 Å². The zero-order valence-electron chi connectivity index (χ0n) is 7.29. The highest BCUT2D eigenvalue weighted by Gasteiger charge is 2.33. The van der Waals surface area contributed by atoms with Crippen molar-refractivity contribution in [2.75, 3.05) is 0 Å². The predicted molar refractivity (Wildman–Crippen MR) is 41.5 cm³/mol. The van der Waals surface area contributed by atoms with Crippen molar-refractivity contribution >= 4 is 11.9 Å². The zero-order chi connectivity index (χ0) is 9.94. The van der Waals surface area contributed by atoms with Gasteiger partial charge in [0, 0.05) is 6.92 Å². The van der Waals surface area contributed by atoms with Gasteiger partial charge < -0.3 is 15.5 Å². The van der Waals surface area contributed by atoms with E-state index in [2.05, 4.69) is 5.32 Å². The molecule has 0 rings (SSSR count). The Morgan fingerprint density at radius 2 is 1.83 bits per heavy atom. The Morgan fingerprint density at radius 1 is 1.42 bits per heavy atom. The van der Waals surface area contributed by atoms with E-state index in [0.29, 0.717) is 0 Å². The molecule has 1 atom stereocenters. The van der Waals surface area contributed by atoms with E-state index in [1.807, 2.05) is 0 Å². The van der Waals surface area contributed by atoms with Crippen LogP contribution in [0.15, 0.2) is 0 Å². The average molecular weight is 175 g/mol. The maximum absolute atomic E-state index is 10.5. The van der Waals surface area contributed by atoms with Crippen LogP contribution in [-0.2, 0) is 9.59 Å². The summed E-state index contributed by atoms with van der Waals surface area (Å²) < 4.78 is 0. The lowest BCUT2D eigenvalue weighted by Crippen LogP contribution is -2.53. The third-order valence-corrected chi connectivity index (χ3v) is 1.30. The SMILES string of the molecule is CC(=O)NC(C(=O)O)C(C)(C)O. The molecule has 0 aliphatic rings. The standard InChI is InChI=1S/C7H13NO4/c1-4(9)8-5(6(10)11)7(2,3)12/h5,12H,1-3H3,(H,8,9)(H,10,11). The first-order valence-electron chi connectivity index (χ1n) is 3.47. The number of carbonyl (C=O) groups is 2. The van der Waals surface area contributed by atoms with E-state index < -0.39 is 23.5 Å². The van der Waals surface area contributed by atoms with Crippen molar-refractivity contribution in [1.29, 1.82) is 0 Å². The average Bonchev–Trinajstić information content (AvgIpc) is 1.79. The molecule has 3 N–H and O–H groups in total. The lowest BCUT2D eigenvalue weighted by molar-refractivity contribution is -0.148. The maximum Gasteiger partial charge on any atom is 0.329 e. The quantitative estimate of drug-likeness (QED) is 0.531. The molecule has 5 heteroatoms. The van der Waals surface area contributed by atoms with Crippen LogP contribution in [0, 0.1) is 0 Å². The van der Waals surface area contributed by atoms with E-state index in [9.17, 15) is 14.7 Å². The molecule has 0 aromatic rings. The first-order chi connectivity index (χ1) is 5.25. The number of hydrogen-bond acceptors (Lipinski definition) is 3. The van der Waals surface area contributed by atoms with Gasteiger partial charge >= 0.3 is 5.97 Å². The van der Waals surface area contributed by atoms with Crippen LogP contribution in [0.25, 0.3) is 0 Å². The molecular weight excluding hydrogens is 162 g/mol. The Labute approximate surface area is 70.4 Å². The van der Waals surface area contributed by atoms with Gasteiger partial charge in [0.2, 0.25) is 5.91 Å². The third-order valence-electron chi connectivity index (χ3n) is 1.30. The van der Waals surface area contributed by atoms with Gasteiger partial charge in [-0.2, -0.15) is 0 Å². The Kier molecular flexibility index (Phi) is 3.21. The van der Waals surface area contributed by atoms with Crippen LogP contribution < -0.4 is 5.32 Å². The Bertz CT molecular complexity index is 194. The normalized spacial score (nSPS) is 13.7. The molecular formula is C7H13NO4. The molecule has 0 aliphatic carbocycles. The van der Waals surface area contributed by atoms with Crippen LogP contribution in [0.1, 0.15) is 20.8 Å². The number of hydrogen-bond donors (Lipinski definition) is 3. The molecule has 1 amide bonds. The molecule has 0 aromatic carbocycles. The van der Waals surface area contributed by atoms with Crippen molar-refractivity contribution in [3.8, 4) is 0 Å². The molecule has 0 saturated heterocycles. The highest BCUT2D eigenvalue weighted by molar-refractivity contribution is 5.83. The van der Waals surface area contributed by atoms with Crippen molar-refractivity contribution in [3.63, 3.8) is 0 Å². The van der Waals surface area contributed by atoms with Gasteiger partial charge in [-0.15, -0.1) is 0 Å². The highest BCUT2D eigenvalue weighted by atomic mass is 16.4. The van der Waals surface area contributed by atoms with Crippen molar-refractivity contribution in [2.45, 2.75) is 32.4 Å². The van der Waals surface area contributed by atoms with Gasteiger partial charge in [-0.1, -0.05) is 0 Å². The van der Waals surface area contributed by atoms with Crippen molar-refractivity contribution in [3.05, 3.63) is 0 Å². The van der Waals surface area contributed by atoms with Crippen LogP contribution in [0.3, 0.4) is 0 Å². The lowest BCUT2D eigenvalue weighted by atomic mass is 9.99. The third kappa shape index (κ3) is 3.34. The smallest absolute Gasteiger partial charge is 0.329 e. The minimum Gasteiger partial charge on any atom is -0.480 e. The van der Waals surface area contributed by atoms with Crippen LogP contribution in [-0.4, -0.2) is 33.7 Å². The number of rotatable bonds is 3. The van der Waals surface area contributed by atoms with Crippen LogP contribution in [0.2, 0.25) is 0 Å². The van der Waals surface area contributed by atoms with Gasteiger partial charge in [0.15, 0.2) is 6.04 Å². The largest absolute Gasteiger partial charge is 0.480 e. The van der Waals surface area contributed by atoms with E-state index in [4.69, 9.17) is 5.11 Å². The molecule has 0 heterocycles. The summed E-state index contributed by atoms with van der Waals surface area (Å²) in [6.45, 7) is 3.84. The summed E-state index contributed by atoms with van der Waals surface area (Å²) in [6.07, 6.45) is 0. The summed E-state index contributed by atoms with van der Waals surface area (Å²) >= 11 is 0. The second-order valence-corrected chi connectivity index (χ2v) is 3.13. The van der Waals surface area contributed by atoms with E-state index in [-0.39, 0.29) is 0 Å².